The number of benzene rings is 1. The average Bonchev–Trinajstić information content (AvgIpc) is 3.19. The summed E-state index contributed by atoms with van der Waals surface area (Å²) in [4.78, 5) is 12.8. The Labute approximate surface area is 133 Å². The van der Waals surface area contributed by atoms with Crippen molar-refractivity contribution in [3.63, 3.8) is 0 Å². The Balaban J connectivity index is 1.53. The van der Waals surface area contributed by atoms with Gasteiger partial charge in [0.2, 0.25) is 5.91 Å². The van der Waals surface area contributed by atoms with E-state index < -0.39 is 0 Å². The highest BCUT2D eigenvalue weighted by Crippen LogP contribution is 2.25. The van der Waals surface area contributed by atoms with Crippen molar-refractivity contribution in [3.05, 3.63) is 57.3 Å². The summed E-state index contributed by atoms with van der Waals surface area (Å²) in [5.74, 6) is 0.822. The molecule has 1 aromatic carbocycles. The van der Waals surface area contributed by atoms with Crippen molar-refractivity contribution < 1.29 is 14.6 Å². The fraction of sp³-hybridized carbons (Fsp3) is 0.235. The minimum absolute atomic E-state index is 0.0264. The summed E-state index contributed by atoms with van der Waals surface area (Å²) in [6, 6.07) is 7.89. The lowest BCUT2D eigenvalue weighted by Gasteiger charge is -2.05. The maximum absolute atomic E-state index is 11.8. The van der Waals surface area contributed by atoms with E-state index in [2.05, 4.69) is 11.4 Å². The molecule has 1 amide bonds. The normalized spacial score (nSPS) is 13.1. The van der Waals surface area contributed by atoms with Crippen LogP contribution in [0.15, 0.2) is 35.7 Å². The molecule has 0 fully saturated rings. The van der Waals surface area contributed by atoms with Crippen molar-refractivity contribution in [2.24, 2.45) is 0 Å². The highest BCUT2D eigenvalue weighted by atomic mass is 32.1. The summed E-state index contributed by atoms with van der Waals surface area (Å²) < 4.78 is 5.46. The van der Waals surface area contributed by atoms with Gasteiger partial charge in [-0.15, -0.1) is 11.3 Å². The highest BCUT2D eigenvalue weighted by Gasteiger charge is 2.11. The van der Waals surface area contributed by atoms with E-state index in [0.29, 0.717) is 6.54 Å². The van der Waals surface area contributed by atoms with Crippen LogP contribution in [0.3, 0.4) is 0 Å². The third-order valence-corrected chi connectivity index (χ3v) is 4.42. The van der Waals surface area contributed by atoms with Crippen LogP contribution in [-0.4, -0.2) is 17.6 Å². The van der Waals surface area contributed by atoms with E-state index in [1.807, 2.05) is 23.6 Å². The molecular formula is C17H17NO3S. The van der Waals surface area contributed by atoms with Crippen molar-refractivity contribution >= 4 is 23.3 Å². The van der Waals surface area contributed by atoms with E-state index >= 15 is 0 Å². The SMILES string of the molecule is O=C(C=Cc1cc(CO)cs1)NCc1ccc2c(c1)CCO2. The van der Waals surface area contributed by atoms with Crippen molar-refractivity contribution in [3.8, 4) is 5.75 Å². The molecule has 4 nitrogen and oxygen atoms in total. The Bertz CT molecular complexity index is 706. The third-order valence-electron chi connectivity index (χ3n) is 3.48. The van der Waals surface area contributed by atoms with Crippen LogP contribution in [0.4, 0.5) is 0 Å². The molecular weight excluding hydrogens is 298 g/mol. The third kappa shape index (κ3) is 3.55. The van der Waals surface area contributed by atoms with E-state index in [9.17, 15) is 4.79 Å². The van der Waals surface area contributed by atoms with Crippen molar-refractivity contribution in [2.75, 3.05) is 6.61 Å². The number of thiophene rings is 1. The molecule has 1 aliphatic rings. The average molecular weight is 315 g/mol. The Morgan fingerprint density at radius 3 is 3.09 bits per heavy atom. The Kier molecular flexibility index (Phi) is 4.56. The Morgan fingerprint density at radius 1 is 1.36 bits per heavy atom. The zero-order chi connectivity index (χ0) is 15.4. The van der Waals surface area contributed by atoms with E-state index in [0.717, 1.165) is 34.8 Å². The summed E-state index contributed by atoms with van der Waals surface area (Å²) in [5, 5.41) is 13.7. The van der Waals surface area contributed by atoms with Crippen LogP contribution >= 0.6 is 11.3 Å². The molecule has 22 heavy (non-hydrogen) atoms. The van der Waals surface area contributed by atoms with Gasteiger partial charge < -0.3 is 15.2 Å². The van der Waals surface area contributed by atoms with Gasteiger partial charge in [0.15, 0.2) is 0 Å². The largest absolute Gasteiger partial charge is 0.493 e. The molecule has 0 bridgehead atoms. The quantitative estimate of drug-likeness (QED) is 0.834. The first-order chi connectivity index (χ1) is 10.7. The smallest absolute Gasteiger partial charge is 0.244 e. The second kappa shape index (κ2) is 6.77. The molecule has 2 heterocycles. The molecule has 0 spiro atoms. The van der Waals surface area contributed by atoms with Crippen molar-refractivity contribution in [2.45, 2.75) is 19.6 Å². The minimum Gasteiger partial charge on any atom is -0.493 e. The van der Waals surface area contributed by atoms with Crippen molar-refractivity contribution in [1.82, 2.24) is 5.32 Å². The van der Waals surface area contributed by atoms with Gasteiger partial charge in [-0.05, 0) is 40.3 Å². The van der Waals surface area contributed by atoms with Gasteiger partial charge in [-0.2, -0.15) is 0 Å². The number of carbonyl (C=O) groups is 1. The summed E-state index contributed by atoms with van der Waals surface area (Å²) in [6.45, 7) is 1.27. The lowest BCUT2D eigenvalue weighted by atomic mass is 10.1. The number of hydrogen-bond donors (Lipinski definition) is 2. The molecule has 5 heteroatoms. The number of rotatable bonds is 5. The number of aliphatic hydroxyl groups excluding tert-OH is 1. The monoisotopic (exact) mass is 315 g/mol. The van der Waals surface area contributed by atoms with Gasteiger partial charge in [-0.25, -0.2) is 0 Å². The van der Waals surface area contributed by atoms with Crippen LogP contribution in [0, 0.1) is 0 Å². The molecule has 0 saturated carbocycles. The number of nitrogens with one attached hydrogen (secondary N) is 1. The van der Waals surface area contributed by atoms with Crippen LogP contribution in [0.2, 0.25) is 0 Å². The van der Waals surface area contributed by atoms with E-state index in [4.69, 9.17) is 9.84 Å². The molecule has 2 N–H and O–H groups in total. The number of hydrogen-bond acceptors (Lipinski definition) is 4. The van der Waals surface area contributed by atoms with Gasteiger partial charge in [0.1, 0.15) is 5.75 Å². The lowest BCUT2D eigenvalue weighted by molar-refractivity contribution is -0.116. The number of amides is 1. The molecule has 0 aliphatic carbocycles. The maximum Gasteiger partial charge on any atom is 0.244 e. The Hall–Kier alpha value is -2.11. The molecule has 114 valence electrons. The summed E-state index contributed by atoms with van der Waals surface area (Å²) in [7, 11) is 0. The summed E-state index contributed by atoms with van der Waals surface area (Å²) in [5.41, 5.74) is 3.15. The second-order valence-corrected chi connectivity index (χ2v) is 6.05. The van der Waals surface area contributed by atoms with Crippen LogP contribution in [0.1, 0.15) is 21.6 Å². The van der Waals surface area contributed by atoms with Gasteiger partial charge in [0.05, 0.1) is 13.2 Å². The summed E-state index contributed by atoms with van der Waals surface area (Å²) in [6.07, 6.45) is 4.21. The Morgan fingerprint density at radius 2 is 2.27 bits per heavy atom. The standard InChI is InChI=1S/C17H17NO3S/c19-10-13-8-15(22-11-13)2-4-17(20)18-9-12-1-3-16-14(7-12)5-6-21-16/h1-4,7-8,11,19H,5-6,9-10H2,(H,18,20). The molecule has 1 aliphatic heterocycles. The molecule has 3 rings (SSSR count). The van der Waals surface area contributed by atoms with Gasteiger partial charge in [0, 0.05) is 23.9 Å². The van der Waals surface area contributed by atoms with Gasteiger partial charge in [-0.1, -0.05) is 12.1 Å². The second-order valence-electron chi connectivity index (χ2n) is 5.11. The number of fused-ring (bicyclic) bond motifs is 1. The van der Waals surface area contributed by atoms with Crippen LogP contribution in [0.5, 0.6) is 5.75 Å². The molecule has 0 saturated heterocycles. The summed E-state index contributed by atoms with van der Waals surface area (Å²) >= 11 is 1.50. The topological polar surface area (TPSA) is 58.6 Å². The predicted molar refractivity (Wildman–Crippen MR) is 86.8 cm³/mol. The van der Waals surface area contributed by atoms with E-state index in [1.165, 1.54) is 23.0 Å². The first kappa shape index (κ1) is 14.8. The first-order valence-corrected chi connectivity index (χ1v) is 8.01. The van der Waals surface area contributed by atoms with Gasteiger partial charge in [-0.3, -0.25) is 4.79 Å². The number of carbonyl (C=O) groups excluding carboxylic acids is 1. The molecule has 0 radical (unpaired) electrons. The first-order valence-electron chi connectivity index (χ1n) is 7.13. The van der Waals surface area contributed by atoms with Gasteiger partial charge >= 0.3 is 0 Å². The van der Waals surface area contributed by atoms with E-state index in [1.54, 1.807) is 6.08 Å². The molecule has 2 aromatic rings. The van der Waals surface area contributed by atoms with Crippen LogP contribution in [-0.2, 0) is 24.4 Å². The number of ether oxygens (including phenoxy) is 1. The predicted octanol–water partition coefficient (Wildman–Crippen LogP) is 2.50. The lowest BCUT2D eigenvalue weighted by Crippen LogP contribution is -2.20. The molecule has 1 aromatic heterocycles. The van der Waals surface area contributed by atoms with E-state index in [-0.39, 0.29) is 12.5 Å². The maximum atomic E-state index is 11.8. The number of aliphatic hydroxyl groups is 1. The zero-order valence-corrected chi connectivity index (χ0v) is 12.9. The van der Waals surface area contributed by atoms with Crippen LogP contribution < -0.4 is 10.1 Å². The van der Waals surface area contributed by atoms with Gasteiger partial charge in [0.25, 0.3) is 0 Å². The molecule has 0 unspecified atom stereocenters. The highest BCUT2D eigenvalue weighted by molar-refractivity contribution is 7.11. The van der Waals surface area contributed by atoms with Crippen LogP contribution in [0.25, 0.3) is 6.08 Å². The molecule has 0 atom stereocenters. The minimum atomic E-state index is -0.129. The van der Waals surface area contributed by atoms with Crippen molar-refractivity contribution in [1.29, 1.82) is 0 Å². The zero-order valence-electron chi connectivity index (χ0n) is 12.0. The fourth-order valence-corrected chi connectivity index (χ4v) is 3.12. The fourth-order valence-electron chi connectivity index (χ4n) is 2.32.